The van der Waals surface area contributed by atoms with E-state index in [0.717, 1.165) is 34.1 Å². The van der Waals surface area contributed by atoms with Crippen LogP contribution in [0.25, 0.3) is 0 Å². The van der Waals surface area contributed by atoms with Gasteiger partial charge in [0.05, 0.1) is 7.11 Å². The fourth-order valence-electron chi connectivity index (χ4n) is 2.49. The Kier molecular flexibility index (Phi) is 4.99. The van der Waals surface area contributed by atoms with E-state index in [1.54, 1.807) is 7.11 Å². The van der Waals surface area contributed by atoms with Crippen molar-refractivity contribution >= 4 is 24.0 Å². The molecule has 0 bridgehead atoms. The SMILES string of the molecule is COc1ccc2c(c1)OC(c1ccc(Cl)cc1)CC2N.Cl. The summed E-state index contributed by atoms with van der Waals surface area (Å²) in [5, 5.41) is 0.718. The molecule has 5 heteroatoms. The van der Waals surface area contributed by atoms with Crippen LogP contribution >= 0.6 is 24.0 Å². The Bertz CT molecular complexity index is 616. The lowest BCUT2D eigenvalue weighted by atomic mass is 9.93. The highest BCUT2D eigenvalue weighted by Gasteiger charge is 2.27. The lowest BCUT2D eigenvalue weighted by molar-refractivity contribution is 0.161. The Morgan fingerprint density at radius 1 is 1.19 bits per heavy atom. The number of nitrogens with two attached hydrogens (primary N) is 1. The number of hydrogen-bond donors (Lipinski definition) is 1. The second-order valence-electron chi connectivity index (χ2n) is 4.90. The van der Waals surface area contributed by atoms with E-state index >= 15 is 0 Å². The number of halogens is 2. The predicted molar refractivity (Wildman–Crippen MR) is 86.6 cm³/mol. The molecule has 2 aromatic carbocycles. The third kappa shape index (κ3) is 3.26. The molecule has 0 aliphatic carbocycles. The molecule has 21 heavy (non-hydrogen) atoms. The standard InChI is InChI=1S/C16H16ClNO2.ClH/c1-19-12-6-7-13-14(18)9-15(20-16(13)8-12)10-2-4-11(17)5-3-10;/h2-8,14-15H,9,18H2,1H3;1H. The zero-order valence-electron chi connectivity index (χ0n) is 11.6. The summed E-state index contributed by atoms with van der Waals surface area (Å²) in [7, 11) is 1.64. The zero-order valence-corrected chi connectivity index (χ0v) is 13.2. The molecule has 3 nitrogen and oxygen atoms in total. The molecular formula is C16H17Cl2NO2. The van der Waals surface area contributed by atoms with Crippen molar-refractivity contribution in [3.8, 4) is 11.5 Å². The van der Waals surface area contributed by atoms with Gasteiger partial charge in [0, 0.05) is 29.1 Å². The van der Waals surface area contributed by atoms with Crippen molar-refractivity contribution in [2.75, 3.05) is 7.11 Å². The summed E-state index contributed by atoms with van der Waals surface area (Å²) in [5.41, 5.74) is 8.35. The molecule has 3 rings (SSSR count). The summed E-state index contributed by atoms with van der Waals surface area (Å²) >= 11 is 5.92. The Morgan fingerprint density at radius 3 is 2.57 bits per heavy atom. The number of benzene rings is 2. The van der Waals surface area contributed by atoms with Crippen molar-refractivity contribution < 1.29 is 9.47 Å². The van der Waals surface area contributed by atoms with Gasteiger partial charge in [0.25, 0.3) is 0 Å². The molecule has 1 aliphatic rings. The fourth-order valence-corrected chi connectivity index (χ4v) is 2.62. The van der Waals surface area contributed by atoms with E-state index in [1.807, 2.05) is 42.5 Å². The number of ether oxygens (including phenoxy) is 2. The van der Waals surface area contributed by atoms with Crippen molar-refractivity contribution in [3.63, 3.8) is 0 Å². The van der Waals surface area contributed by atoms with Crippen LogP contribution in [0.15, 0.2) is 42.5 Å². The summed E-state index contributed by atoms with van der Waals surface area (Å²) in [6, 6.07) is 13.4. The van der Waals surface area contributed by atoms with E-state index in [4.69, 9.17) is 26.8 Å². The lowest BCUT2D eigenvalue weighted by Crippen LogP contribution is -2.24. The summed E-state index contributed by atoms with van der Waals surface area (Å²) < 4.78 is 11.3. The molecule has 0 fully saturated rings. The van der Waals surface area contributed by atoms with Gasteiger partial charge in [-0.15, -0.1) is 12.4 Å². The summed E-state index contributed by atoms with van der Waals surface area (Å²) in [4.78, 5) is 0. The third-order valence-corrected chi connectivity index (χ3v) is 3.85. The number of fused-ring (bicyclic) bond motifs is 1. The molecule has 0 spiro atoms. The molecule has 2 N–H and O–H groups in total. The molecule has 112 valence electrons. The summed E-state index contributed by atoms with van der Waals surface area (Å²) in [5.74, 6) is 1.57. The molecule has 0 amide bonds. The average molecular weight is 326 g/mol. The van der Waals surface area contributed by atoms with Gasteiger partial charge in [-0.3, -0.25) is 0 Å². The Balaban J connectivity index is 0.00000161. The monoisotopic (exact) mass is 325 g/mol. The van der Waals surface area contributed by atoms with E-state index < -0.39 is 0 Å². The third-order valence-electron chi connectivity index (χ3n) is 3.60. The van der Waals surface area contributed by atoms with E-state index in [1.165, 1.54) is 0 Å². The number of rotatable bonds is 2. The Hall–Kier alpha value is -1.42. The minimum absolute atomic E-state index is 0. The minimum atomic E-state index is -0.0538. The van der Waals surface area contributed by atoms with Crippen molar-refractivity contribution in [1.82, 2.24) is 0 Å². The van der Waals surface area contributed by atoms with Gasteiger partial charge in [0.15, 0.2) is 0 Å². The van der Waals surface area contributed by atoms with Gasteiger partial charge in [-0.05, 0) is 23.8 Å². The van der Waals surface area contributed by atoms with Gasteiger partial charge in [0.2, 0.25) is 0 Å². The molecule has 0 radical (unpaired) electrons. The van der Waals surface area contributed by atoms with Gasteiger partial charge in [-0.25, -0.2) is 0 Å². The highest BCUT2D eigenvalue weighted by atomic mass is 35.5. The van der Waals surface area contributed by atoms with Crippen LogP contribution in [0.3, 0.4) is 0 Å². The van der Waals surface area contributed by atoms with Crippen LogP contribution in [0, 0.1) is 0 Å². The van der Waals surface area contributed by atoms with Crippen LogP contribution in [0.4, 0.5) is 0 Å². The average Bonchev–Trinajstić information content (AvgIpc) is 2.47. The van der Waals surface area contributed by atoms with E-state index in [0.29, 0.717) is 0 Å². The first-order valence-electron chi connectivity index (χ1n) is 6.53. The number of hydrogen-bond acceptors (Lipinski definition) is 3. The first-order chi connectivity index (χ1) is 9.67. The highest BCUT2D eigenvalue weighted by Crippen LogP contribution is 2.41. The van der Waals surface area contributed by atoms with Crippen molar-refractivity contribution in [3.05, 3.63) is 58.6 Å². The minimum Gasteiger partial charge on any atom is -0.497 e. The van der Waals surface area contributed by atoms with Gasteiger partial charge in [-0.1, -0.05) is 29.8 Å². The van der Waals surface area contributed by atoms with Crippen LogP contribution in [0.5, 0.6) is 11.5 Å². The van der Waals surface area contributed by atoms with Crippen LogP contribution in [0.1, 0.15) is 29.7 Å². The molecule has 0 aromatic heterocycles. The second kappa shape index (κ2) is 6.56. The molecular weight excluding hydrogens is 309 g/mol. The van der Waals surface area contributed by atoms with Gasteiger partial charge in [-0.2, -0.15) is 0 Å². The summed E-state index contributed by atoms with van der Waals surface area (Å²) in [6.07, 6.45) is 0.697. The molecule has 2 unspecified atom stereocenters. The maximum Gasteiger partial charge on any atom is 0.128 e. The maximum absolute atomic E-state index is 6.25. The Labute approximate surface area is 135 Å². The molecule has 2 aromatic rings. The summed E-state index contributed by atoms with van der Waals surface area (Å²) in [6.45, 7) is 0. The van der Waals surface area contributed by atoms with E-state index in [9.17, 15) is 0 Å². The quantitative estimate of drug-likeness (QED) is 0.895. The van der Waals surface area contributed by atoms with Crippen molar-refractivity contribution in [1.29, 1.82) is 0 Å². The second-order valence-corrected chi connectivity index (χ2v) is 5.34. The van der Waals surface area contributed by atoms with E-state index in [-0.39, 0.29) is 24.6 Å². The fraction of sp³-hybridized carbons (Fsp3) is 0.250. The van der Waals surface area contributed by atoms with Crippen LogP contribution in [0.2, 0.25) is 5.02 Å². The molecule has 2 atom stereocenters. The van der Waals surface area contributed by atoms with Gasteiger partial charge < -0.3 is 15.2 Å². The normalized spacial score (nSPS) is 20.0. The maximum atomic E-state index is 6.25. The number of methoxy groups -OCH3 is 1. The first kappa shape index (κ1) is 16.0. The molecule has 0 saturated carbocycles. The largest absolute Gasteiger partial charge is 0.497 e. The van der Waals surface area contributed by atoms with Crippen LogP contribution in [-0.2, 0) is 0 Å². The van der Waals surface area contributed by atoms with Crippen molar-refractivity contribution in [2.45, 2.75) is 18.6 Å². The zero-order chi connectivity index (χ0) is 14.1. The topological polar surface area (TPSA) is 44.5 Å². The molecule has 1 aliphatic heterocycles. The van der Waals surface area contributed by atoms with Crippen LogP contribution in [-0.4, -0.2) is 7.11 Å². The highest BCUT2D eigenvalue weighted by molar-refractivity contribution is 6.30. The lowest BCUT2D eigenvalue weighted by Gasteiger charge is -2.30. The van der Waals surface area contributed by atoms with Gasteiger partial charge >= 0.3 is 0 Å². The predicted octanol–water partition coefficient (Wildman–Crippen LogP) is 4.29. The first-order valence-corrected chi connectivity index (χ1v) is 6.91. The Morgan fingerprint density at radius 2 is 1.90 bits per heavy atom. The smallest absolute Gasteiger partial charge is 0.128 e. The molecule has 1 heterocycles. The van der Waals surface area contributed by atoms with Gasteiger partial charge in [0.1, 0.15) is 17.6 Å². The van der Waals surface area contributed by atoms with Crippen molar-refractivity contribution in [2.24, 2.45) is 5.73 Å². The molecule has 0 saturated heterocycles. The van der Waals surface area contributed by atoms with E-state index in [2.05, 4.69) is 0 Å². The van der Waals surface area contributed by atoms with Crippen LogP contribution < -0.4 is 15.2 Å².